The van der Waals surface area contributed by atoms with Crippen LogP contribution in [0.25, 0.3) is 0 Å². The van der Waals surface area contributed by atoms with Gasteiger partial charge in [-0.1, -0.05) is 26.0 Å². The number of hydrogen-bond acceptors (Lipinski definition) is 2. The Morgan fingerprint density at radius 1 is 1.08 bits per heavy atom. The number of halogens is 3. The van der Waals surface area contributed by atoms with Gasteiger partial charge in [-0.3, -0.25) is 9.59 Å². The number of amides is 1. The van der Waals surface area contributed by atoms with Crippen molar-refractivity contribution >= 4 is 11.9 Å². The van der Waals surface area contributed by atoms with Crippen molar-refractivity contribution in [2.75, 3.05) is 6.54 Å². The number of hydrogen-bond donors (Lipinski definition) is 2. The molecule has 1 rings (SSSR count). The van der Waals surface area contributed by atoms with Gasteiger partial charge in [-0.05, 0) is 37.0 Å². The number of aliphatic carboxylic acids is 1. The molecule has 1 aromatic rings. The van der Waals surface area contributed by atoms with Gasteiger partial charge in [-0.25, -0.2) is 0 Å². The highest BCUT2D eigenvalue weighted by atomic mass is 19.4. The second-order valence-electron chi connectivity index (χ2n) is 5.79. The summed E-state index contributed by atoms with van der Waals surface area (Å²) in [5, 5.41) is 11.9. The maximum absolute atomic E-state index is 12.2. The number of carboxylic acids is 1. The number of alkyl halides is 3. The van der Waals surface area contributed by atoms with E-state index in [9.17, 15) is 27.9 Å². The predicted molar refractivity (Wildman–Crippen MR) is 83.8 cm³/mol. The Morgan fingerprint density at radius 3 is 2.04 bits per heavy atom. The van der Waals surface area contributed by atoms with E-state index in [0.29, 0.717) is 18.4 Å². The predicted octanol–water partition coefficient (Wildman–Crippen LogP) is 3.80. The quantitative estimate of drug-likeness (QED) is 0.753. The molecule has 0 heterocycles. The number of carbonyl (C=O) groups is 2. The first kappa shape index (κ1) is 20.0. The van der Waals surface area contributed by atoms with Crippen molar-refractivity contribution in [3.63, 3.8) is 0 Å². The van der Waals surface area contributed by atoms with Crippen molar-refractivity contribution < 1.29 is 27.9 Å². The number of nitrogens with one attached hydrogen (secondary N) is 1. The number of aryl methyl sites for hydroxylation is 1. The topological polar surface area (TPSA) is 66.4 Å². The van der Waals surface area contributed by atoms with Gasteiger partial charge < -0.3 is 10.4 Å². The van der Waals surface area contributed by atoms with Crippen LogP contribution in [-0.2, 0) is 11.2 Å². The fraction of sp³-hybridized carbons (Fsp3) is 0.529. The zero-order valence-corrected chi connectivity index (χ0v) is 13.7. The molecule has 0 radical (unpaired) electrons. The molecule has 134 valence electrons. The third kappa shape index (κ3) is 5.54. The second kappa shape index (κ2) is 8.17. The normalized spacial score (nSPS) is 12.0. The van der Waals surface area contributed by atoms with Crippen LogP contribution < -0.4 is 5.32 Å². The van der Waals surface area contributed by atoms with Crippen molar-refractivity contribution in [2.45, 2.75) is 45.7 Å². The third-order valence-electron chi connectivity index (χ3n) is 4.31. The van der Waals surface area contributed by atoms with E-state index >= 15 is 0 Å². The average Bonchev–Trinajstić information content (AvgIpc) is 2.53. The Kier molecular flexibility index (Phi) is 6.81. The summed E-state index contributed by atoms with van der Waals surface area (Å²) < 4.78 is 36.5. The van der Waals surface area contributed by atoms with Crippen LogP contribution in [0.4, 0.5) is 13.2 Å². The molecule has 4 nitrogen and oxygen atoms in total. The lowest BCUT2D eigenvalue weighted by Crippen LogP contribution is -2.42. The van der Waals surface area contributed by atoms with Gasteiger partial charge in [0.25, 0.3) is 5.91 Å². The van der Waals surface area contributed by atoms with E-state index in [1.54, 1.807) is 13.8 Å². The molecule has 0 saturated carbocycles. The van der Waals surface area contributed by atoms with E-state index in [0.717, 1.165) is 0 Å². The molecule has 0 aromatic heterocycles. The summed E-state index contributed by atoms with van der Waals surface area (Å²) in [6.45, 7) is 3.50. The van der Waals surface area contributed by atoms with Gasteiger partial charge in [-0.2, -0.15) is 13.2 Å². The lowest BCUT2D eigenvalue weighted by molar-refractivity contribution is -0.149. The van der Waals surface area contributed by atoms with Crippen LogP contribution in [-0.4, -0.2) is 29.7 Å². The van der Waals surface area contributed by atoms with E-state index in [-0.39, 0.29) is 18.5 Å². The third-order valence-corrected chi connectivity index (χ3v) is 4.31. The minimum Gasteiger partial charge on any atom is -0.481 e. The Hall–Kier alpha value is -2.05. The molecule has 1 aromatic carbocycles. The molecule has 2 N–H and O–H groups in total. The molecule has 24 heavy (non-hydrogen) atoms. The Labute approximate surface area is 139 Å². The highest BCUT2D eigenvalue weighted by molar-refractivity contribution is 5.94. The molecule has 0 aliphatic heterocycles. The molecule has 0 fully saturated rings. The minimum absolute atomic E-state index is 0.00396. The zero-order chi connectivity index (χ0) is 18.4. The van der Waals surface area contributed by atoms with Crippen LogP contribution in [0.2, 0.25) is 0 Å². The van der Waals surface area contributed by atoms with Crippen LogP contribution in [0, 0.1) is 5.41 Å². The first-order valence-electron chi connectivity index (χ1n) is 7.81. The van der Waals surface area contributed by atoms with Gasteiger partial charge in [0, 0.05) is 18.5 Å². The van der Waals surface area contributed by atoms with E-state index in [1.807, 2.05) is 0 Å². The van der Waals surface area contributed by atoms with E-state index < -0.39 is 29.9 Å². The van der Waals surface area contributed by atoms with E-state index in [4.69, 9.17) is 0 Å². The number of carboxylic acid groups (broad SMARTS) is 1. The summed E-state index contributed by atoms with van der Waals surface area (Å²) in [5.41, 5.74) is -0.231. The standard InChI is InChI=1S/C17H22F3NO3/c1-3-16(4-2,15(23)24)11-21-14(22)13-7-5-12(6-8-13)9-10-17(18,19)20/h5-8H,3-4,9-11H2,1-2H3,(H,21,22)(H,23,24). The molecule has 0 unspecified atom stereocenters. The lowest BCUT2D eigenvalue weighted by atomic mass is 9.82. The number of rotatable bonds is 8. The molecular formula is C17H22F3NO3. The molecule has 0 saturated heterocycles. The molecule has 7 heteroatoms. The molecular weight excluding hydrogens is 323 g/mol. The fourth-order valence-electron chi connectivity index (χ4n) is 2.34. The van der Waals surface area contributed by atoms with Crippen LogP contribution in [0.3, 0.4) is 0 Å². The van der Waals surface area contributed by atoms with Gasteiger partial charge in [0.15, 0.2) is 0 Å². The Morgan fingerprint density at radius 2 is 1.62 bits per heavy atom. The first-order valence-corrected chi connectivity index (χ1v) is 7.81. The maximum Gasteiger partial charge on any atom is 0.389 e. The van der Waals surface area contributed by atoms with Crippen molar-refractivity contribution in [2.24, 2.45) is 5.41 Å². The Balaban J connectivity index is 2.67. The minimum atomic E-state index is -4.21. The number of benzene rings is 1. The van der Waals surface area contributed by atoms with Crippen molar-refractivity contribution in [3.05, 3.63) is 35.4 Å². The molecule has 0 spiro atoms. The van der Waals surface area contributed by atoms with Crippen molar-refractivity contribution in [3.8, 4) is 0 Å². The monoisotopic (exact) mass is 345 g/mol. The van der Waals surface area contributed by atoms with Crippen LogP contribution >= 0.6 is 0 Å². The molecule has 0 aliphatic carbocycles. The van der Waals surface area contributed by atoms with Gasteiger partial charge in [0.1, 0.15) is 0 Å². The zero-order valence-electron chi connectivity index (χ0n) is 13.7. The first-order chi connectivity index (χ1) is 11.1. The second-order valence-corrected chi connectivity index (χ2v) is 5.79. The summed E-state index contributed by atoms with van der Waals surface area (Å²) in [5.74, 6) is -1.40. The van der Waals surface area contributed by atoms with Gasteiger partial charge in [0.05, 0.1) is 5.41 Å². The molecule has 1 amide bonds. The summed E-state index contributed by atoms with van der Waals surface area (Å²) in [4.78, 5) is 23.5. The van der Waals surface area contributed by atoms with Crippen molar-refractivity contribution in [1.82, 2.24) is 5.32 Å². The largest absolute Gasteiger partial charge is 0.481 e. The van der Waals surface area contributed by atoms with Gasteiger partial charge in [0.2, 0.25) is 0 Å². The van der Waals surface area contributed by atoms with Crippen LogP contribution in [0.1, 0.15) is 49.0 Å². The van der Waals surface area contributed by atoms with E-state index in [1.165, 1.54) is 24.3 Å². The summed E-state index contributed by atoms with van der Waals surface area (Å²) >= 11 is 0. The molecule has 0 aliphatic rings. The smallest absolute Gasteiger partial charge is 0.389 e. The molecule has 0 atom stereocenters. The van der Waals surface area contributed by atoms with Gasteiger partial charge >= 0.3 is 12.1 Å². The number of carbonyl (C=O) groups excluding carboxylic acids is 1. The maximum atomic E-state index is 12.2. The molecule has 0 bridgehead atoms. The van der Waals surface area contributed by atoms with Gasteiger partial charge in [-0.15, -0.1) is 0 Å². The van der Waals surface area contributed by atoms with Crippen LogP contribution in [0.5, 0.6) is 0 Å². The fourth-order valence-corrected chi connectivity index (χ4v) is 2.34. The average molecular weight is 345 g/mol. The summed E-state index contributed by atoms with van der Waals surface area (Å²) in [7, 11) is 0. The highest BCUT2D eigenvalue weighted by Gasteiger charge is 2.35. The summed E-state index contributed by atoms with van der Waals surface area (Å²) in [6.07, 6.45) is -4.49. The summed E-state index contributed by atoms with van der Waals surface area (Å²) in [6, 6.07) is 5.85. The Bertz CT molecular complexity index is 563. The SMILES string of the molecule is CCC(CC)(CNC(=O)c1ccc(CCC(F)(F)F)cc1)C(=O)O. The van der Waals surface area contributed by atoms with E-state index in [2.05, 4.69) is 5.32 Å². The lowest BCUT2D eigenvalue weighted by Gasteiger charge is -2.26. The van der Waals surface area contributed by atoms with Crippen molar-refractivity contribution in [1.29, 1.82) is 0 Å². The van der Waals surface area contributed by atoms with Crippen LogP contribution in [0.15, 0.2) is 24.3 Å². The highest BCUT2D eigenvalue weighted by Crippen LogP contribution is 2.26.